The lowest BCUT2D eigenvalue weighted by Gasteiger charge is -2.37. The van der Waals surface area contributed by atoms with Crippen molar-refractivity contribution < 1.29 is 28.2 Å². The molecule has 1 saturated heterocycles. The summed E-state index contributed by atoms with van der Waals surface area (Å²) in [5, 5.41) is 14.3. The van der Waals surface area contributed by atoms with Crippen LogP contribution in [0.2, 0.25) is 0 Å². The number of primary amides is 1. The molecule has 12 nitrogen and oxygen atoms in total. The summed E-state index contributed by atoms with van der Waals surface area (Å²) in [6, 6.07) is -1.55. The highest BCUT2D eigenvalue weighted by molar-refractivity contribution is 7.84. The molecule has 0 aromatic carbocycles. The lowest BCUT2D eigenvalue weighted by molar-refractivity contribution is -0.144. The number of hydrogen-bond acceptors (Lipinski definition) is 8. The molecule has 5 amide bonds. The Kier molecular flexibility index (Phi) is 14.0. The van der Waals surface area contributed by atoms with Crippen LogP contribution in [-0.4, -0.2) is 82.2 Å². The van der Waals surface area contributed by atoms with Gasteiger partial charge in [-0.3, -0.25) is 23.4 Å². The summed E-state index contributed by atoms with van der Waals surface area (Å²) in [5.74, 6) is -2.56. The van der Waals surface area contributed by atoms with Crippen molar-refractivity contribution in [2.45, 2.75) is 128 Å². The van der Waals surface area contributed by atoms with Crippen LogP contribution in [0, 0.1) is 29.1 Å². The lowest BCUT2D eigenvalue weighted by atomic mass is 9.82. The third-order valence-electron chi connectivity index (χ3n) is 10.7. The molecule has 50 heavy (non-hydrogen) atoms. The van der Waals surface area contributed by atoms with Crippen LogP contribution < -0.4 is 27.0 Å². The number of hydrogen-bond donors (Lipinski definition) is 5. The number of carbonyl (C=O) groups is 5. The summed E-state index contributed by atoms with van der Waals surface area (Å²) in [5.41, 5.74) is 5.03. The molecular weight excluding hydrogens is 677 g/mol. The maximum Gasteiger partial charge on any atom is 0.315 e. The van der Waals surface area contributed by atoms with Gasteiger partial charge in [0, 0.05) is 36.8 Å². The monoisotopic (exact) mass is 734 g/mol. The van der Waals surface area contributed by atoms with Crippen molar-refractivity contribution >= 4 is 51.7 Å². The van der Waals surface area contributed by atoms with E-state index in [9.17, 15) is 28.2 Å². The van der Waals surface area contributed by atoms with E-state index in [2.05, 4.69) is 21.3 Å². The van der Waals surface area contributed by atoms with Crippen LogP contribution >= 0.6 is 11.3 Å². The molecule has 6 N–H and O–H groups in total. The molecule has 1 aliphatic heterocycles. The van der Waals surface area contributed by atoms with E-state index in [1.165, 1.54) is 0 Å². The van der Waals surface area contributed by atoms with E-state index in [0.717, 1.165) is 54.7 Å². The van der Waals surface area contributed by atoms with Gasteiger partial charge in [-0.1, -0.05) is 66.7 Å². The second-order valence-electron chi connectivity index (χ2n) is 15.8. The second-order valence-corrected chi connectivity index (χ2v) is 18.2. The number of amides is 5. The predicted octanol–water partition coefficient (Wildman–Crippen LogP) is 3.45. The first-order chi connectivity index (χ1) is 23.6. The molecular formula is C36H58N6O6S2. The molecule has 6 atom stereocenters. The number of ketones is 1. The average Bonchev–Trinajstić information content (AvgIpc) is 3.54. The van der Waals surface area contributed by atoms with Gasteiger partial charge in [0.15, 0.2) is 0 Å². The summed E-state index contributed by atoms with van der Waals surface area (Å²) in [6.45, 7) is 11.5. The highest BCUT2D eigenvalue weighted by Crippen LogP contribution is 2.36. The Bertz CT molecular complexity index is 1400. The van der Waals surface area contributed by atoms with E-state index < -0.39 is 52.6 Å². The SMILES string of the molecule is CC(C)[C@H]1CCN(C(=O)[C@@H](NC(=O)N[C@H](CNCc2sccc2S(C)=O)C(C)(C)C)C2CCCCC2)[C@@H]1C(=O)NC(CC1CC1)C(=O)C(N)=O. The van der Waals surface area contributed by atoms with Gasteiger partial charge >= 0.3 is 6.03 Å². The van der Waals surface area contributed by atoms with Crippen LogP contribution in [0.3, 0.4) is 0 Å². The number of carbonyl (C=O) groups excluding carboxylic acids is 5. The Morgan fingerprint density at radius 2 is 1.68 bits per heavy atom. The summed E-state index contributed by atoms with van der Waals surface area (Å²) in [7, 11) is -1.09. The number of rotatable bonds is 16. The van der Waals surface area contributed by atoms with Gasteiger partial charge < -0.3 is 31.9 Å². The zero-order chi connectivity index (χ0) is 36.7. The molecule has 1 aromatic heterocycles. The van der Waals surface area contributed by atoms with Crippen LogP contribution in [0.5, 0.6) is 0 Å². The quantitative estimate of drug-likeness (QED) is 0.161. The van der Waals surface area contributed by atoms with Crippen LogP contribution in [0.25, 0.3) is 0 Å². The van der Waals surface area contributed by atoms with Crippen LogP contribution in [0.1, 0.15) is 97.3 Å². The lowest BCUT2D eigenvalue weighted by Crippen LogP contribution is -2.61. The largest absolute Gasteiger partial charge is 0.363 e. The highest BCUT2D eigenvalue weighted by Gasteiger charge is 2.47. The molecule has 4 rings (SSSR count). The molecule has 0 spiro atoms. The van der Waals surface area contributed by atoms with Crippen molar-refractivity contribution in [2.75, 3.05) is 19.3 Å². The molecule has 2 unspecified atom stereocenters. The first-order valence-electron chi connectivity index (χ1n) is 18.2. The summed E-state index contributed by atoms with van der Waals surface area (Å²) >= 11 is 1.54. The van der Waals surface area contributed by atoms with E-state index in [1.807, 2.05) is 46.1 Å². The van der Waals surface area contributed by atoms with Crippen molar-refractivity contribution in [3.63, 3.8) is 0 Å². The first-order valence-corrected chi connectivity index (χ1v) is 20.6. The van der Waals surface area contributed by atoms with Crippen molar-refractivity contribution in [3.8, 4) is 0 Å². The maximum atomic E-state index is 14.6. The number of nitrogens with two attached hydrogens (primary N) is 1. The van der Waals surface area contributed by atoms with E-state index >= 15 is 0 Å². The average molecular weight is 735 g/mol. The normalized spacial score (nSPS) is 22.4. The summed E-state index contributed by atoms with van der Waals surface area (Å²) in [4.78, 5) is 70.3. The Labute approximate surface area is 303 Å². The molecule has 0 radical (unpaired) electrons. The summed E-state index contributed by atoms with van der Waals surface area (Å²) in [6.07, 6.45) is 9.04. The van der Waals surface area contributed by atoms with Gasteiger partial charge in [0.2, 0.25) is 17.6 Å². The number of thiophene rings is 1. The van der Waals surface area contributed by atoms with E-state index in [4.69, 9.17) is 5.73 Å². The van der Waals surface area contributed by atoms with Crippen molar-refractivity contribution in [1.82, 2.24) is 26.2 Å². The van der Waals surface area contributed by atoms with Crippen LogP contribution in [0.4, 0.5) is 4.79 Å². The fourth-order valence-electron chi connectivity index (χ4n) is 7.43. The van der Waals surface area contributed by atoms with Crippen molar-refractivity contribution in [1.29, 1.82) is 0 Å². The zero-order valence-corrected chi connectivity index (χ0v) is 32.2. The van der Waals surface area contributed by atoms with E-state index in [-0.39, 0.29) is 41.0 Å². The highest BCUT2D eigenvalue weighted by atomic mass is 32.2. The van der Waals surface area contributed by atoms with Crippen LogP contribution in [-0.2, 0) is 36.5 Å². The molecule has 2 aliphatic carbocycles. The molecule has 0 bridgehead atoms. The fourth-order valence-corrected chi connectivity index (χ4v) is 9.40. The minimum Gasteiger partial charge on any atom is -0.363 e. The number of nitrogens with one attached hydrogen (secondary N) is 4. The van der Waals surface area contributed by atoms with Crippen molar-refractivity contribution in [2.24, 2.45) is 34.8 Å². The Morgan fingerprint density at radius 1 is 1.00 bits per heavy atom. The van der Waals surface area contributed by atoms with Gasteiger partial charge in [0.25, 0.3) is 5.91 Å². The molecule has 3 fully saturated rings. The smallest absolute Gasteiger partial charge is 0.315 e. The molecule has 3 aliphatic rings. The third-order valence-corrected chi connectivity index (χ3v) is 12.7. The Hall–Kier alpha value is -2.84. The zero-order valence-electron chi connectivity index (χ0n) is 30.5. The number of urea groups is 1. The Balaban J connectivity index is 1.50. The van der Waals surface area contributed by atoms with E-state index in [0.29, 0.717) is 32.5 Å². The topological polar surface area (TPSA) is 180 Å². The Morgan fingerprint density at radius 3 is 2.26 bits per heavy atom. The maximum absolute atomic E-state index is 14.6. The van der Waals surface area contributed by atoms with Gasteiger partial charge in [-0.25, -0.2) is 4.79 Å². The minimum atomic E-state index is -1.09. The van der Waals surface area contributed by atoms with E-state index in [1.54, 1.807) is 22.5 Å². The standard InChI is InChI=1S/C36H58N6O6S2/c1-21(2)24-14-16-42(30(24)33(45)39-25(18-22-12-13-22)31(43)32(37)44)34(46)29(23-10-8-7-9-11-23)41-35(47)40-28(36(3,4)5)20-38-19-26-27(50(6)48)15-17-49-26/h15,17,21-25,28-30,38H,7-14,16,18-20H2,1-6H3,(H2,37,44)(H,39,45)(H2,40,41,47)/t24-,25?,28-,29+,30+,50?/m1/s1. The fraction of sp³-hybridized carbons (Fsp3) is 0.750. The van der Waals surface area contributed by atoms with Gasteiger partial charge in [0.1, 0.15) is 12.1 Å². The number of likely N-dealkylation sites (tertiary alicyclic amines) is 1. The van der Waals surface area contributed by atoms with Gasteiger partial charge in [-0.2, -0.15) is 0 Å². The molecule has 280 valence electrons. The first kappa shape index (κ1) is 39.9. The van der Waals surface area contributed by atoms with Crippen molar-refractivity contribution in [3.05, 3.63) is 16.3 Å². The predicted molar refractivity (Wildman–Crippen MR) is 196 cm³/mol. The molecule has 14 heteroatoms. The van der Waals surface area contributed by atoms with Gasteiger partial charge in [-0.15, -0.1) is 11.3 Å². The third kappa shape index (κ3) is 10.6. The van der Waals surface area contributed by atoms with Gasteiger partial charge in [-0.05, 0) is 66.2 Å². The second kappa shape index (κ2) is 17.6. The van der Waals surface area contributed by atoms with Gasteiger partial charge in [0.05, 0.1) is 21.7 Å². The number of nitrogens with zero attached hydrogens (tertiary/aromatic N) is 1. The van der Waals surface area contributed by atoms with Crippen LogP contribution in [0.15, 0.2) is 16.3 Å². The molecule has 2 heterocycles. The number of Topliss-reactive ketones (excluding diaryl/α,β-unsaturated/α-hetero) is 1. The molecule has 1 aromatic rings. The minimum absolute atomic E-state index is 0.0734. The molecule has 2 saturated carbocycles. The summed E-state index contributed by atoms with van der Waals surface area (Å²) < 4.78 is 12.1.